The van der Waals surface area contributed by atoms with Gasteiger partial charge < -0.3 is 10.8 Å². The van der Waals surface area contributed by atoms with Crippen molar-refractivity contribution >= 4 is 0 Å². The van der Waals surface area contributed by atoms with Crippen LogP contribution in [0.25, 0.3) is 0 Å². The van der Waals surface area contributed by atoms with Crippen molar-refractivity contribution in [1.29, 1.82) is 0 Å². The molecule has 0 fully saturated rings. The van der Waals surface area contributed by atoms with Gasteiger partial charge in [-0.05, 0) is 42.9 Å². The highest BCUT2D eigenvalue weighted by Gasteiger charge is 2.30. The van der Waals surface area contributed by atoms with E-state index in [1.165, 1.54) is 16.7 Å². The monoisotopic (exact) mass is 235 g/mol. The second-order valence-electron chi connectivity index (χ2n) is 6.15. The van der Waals surface area contributed by atoms with Gasteiger partial charge in [0.05, 0.1) is 12.1 Å². The number of aryl methyl sites for hydroxylation is 3. The Labute approximate surface area is 105 Å². The molecule has 3 N–H and O–H groups in total. The lowest BCUT2D eigenvalue weighted by Gasteiger charge is -2.32. The molecule has 0 spiro atoms. The van der Waals surface area contributed by atoms with Crippen LogP contribution < -0.4 is 5.73 Å². The van der Waals surface area contributed by atoms with E-state index >= 15 is 0 Å². The maximum absolute atomic E-state index is 10.3. The molecule has 0 radical (unpaired) electrons. The first kappa shape index (κ1) is 14.2. The predicted molar refractivity (Wildman–Crippen MR) is 73.0 cm³/mol. The predicted octanol–water partition coefficient (Wildman–Crippen LogP) is 3.02. The number of nitrogens with two attached hydrogens (primary N) is 1. The Balaban J connectivity index is 3.17. The van der Waals surface area contributed by atoms with E-state index in [1.807, 2.05) is 20.8 Å². The molecule has 0 aliphatic heterocycles. The summed E-state index contributed by atoms with van der Waals surface area (Å²) >= 11 is 0. The second-order valence-corrected chi connectivity index (χ2v) is 6.15. The molecule has 2 atom stereocenters. The molecule has 1 aromatic rings. The summed E-state index contributed by atoms with van der Waals surface area (Å²) in [6.45, 7) is 12.2. The van der Waals surface area contributed by atoms with Gasteiger partial charge >= 0.3 is 0 Å². The van der Waals surface area contributed by atoms with Crippen LogP contribution in [0.15, 0.2) is 12.1 Å². The Hall–Kier alpha value is -0.860. The molecular weight excluding hydrogens is 210 g/mol. The van der Waals surface area contributed by atoms with Crippen LogP contribution in [0.4, 0.5) is 0 Å². The van der Waals surface area contributed by atoms with Gasteiger partial charge in [0.15, 0.2) is 0 Å². The normalized spacial score (nSPS) is 15.8. The van der Waals surface area contributed by atoms with Crippen molar-refractivity contribution in [2.45, 2.75) is 53.7 Å². The third-order valence-corrected chi connectivity index (χ3v) is 3.30. The quantitative estimate of drug-likeness (QED) is 0.827. The molecule has 0 aromatic heterocycles. The zero-order valence-corrected chi connectivity index (χ0v) is 11.8. The van der Waals surface area contributed by atoms with Gasteiger partial charge in [0.25, 0.3) is 0 Å². The highest BCUT2D eigenvalue weighted by Crippen LogP contribution is 2.32. The van der Waals surface area contributed by atoms with E-state index in [4.69, 9.17) is 5.73 Å². The summed E-state index contributed by atoms with van der Waals surface area (Å²) in [5.74, 6) is 0. The minimum absolute atomic E-state index is 0.205. The van der Waals surface area contributed by atoms with E-state index in [-0.39, 0.29) is 11.5 Å². The van der Waals surface area contributed by atoms with Crippen LogP contribution in [0.5, 0.6) is 0 Å². The van der Waals surface area contributed by atoms with E-state index in [0.717, 1.165) is 5.56 Å². The Bertz CT molecular complexity index is 381. The Morgan fingerprint density at radius 3 is 1.82 bits per heavy atom. The largest absolute Gasteiger partial charge is 0.391 e. The molecule has 0 bridgehead atoms. The lowest BCUT2D eigenvalue weighted by atomic mass is 9.80. The fraction of sp³-hybridized carbons (Fsp3) is 0.600. The second kappa shape index (κ2) is 4.79. The van der Waals surface area contributed by atoms with Crippen molar-refractivity contribution in [2.24, 2.45) is 11.1 Å². The molecule has 2 heteroatoms. The molecule has 0 saturated heterocycles. The molecule has 17 heavy (non-hydrogen) atoms. The standard InChI is InChI=1S/C15H25NO/c1-9-7-10(2)12(11(3)8-9)13(16)14(17)15(4,5)6/h7-8,13-14,17H,16H2,1-6H3/t13-,14-/m0/s1. The van der Waals surface area contributed by atoms with E-state index in [0.29, 0.717) is 0 Å². The van der Waals surface area contributed by atoms with Gasteiger partial charge in [-0.1, -0.05) is 38.5 Å². The van der Waals surface area contributed by atoms with Crippen LogP contribution >= 0.6 is 0 Å². The zero-order chi connectivity index (χ0) is 13.4. The van der Waals surface area contributed by atoms with Crippen LogP contribution in [0.2, 0.25) is 0 Å². The third kappa shape index (κ3) is 3.08. The van der Waals surface area contributed by atoms with Gasteiger partial charge in [0.1, 0.15) is 0 Å². The van der Waals surface area contributed by atoms with E-state index < -0.39 is 6.10 Å². The van der Waals surface area contributed by atoms with Crippen molar-refractivity contribution in [2.75, 3.05) is 0 Å². The minimum Gasteiger partial charge on any atom is -0.391 e. The molecule has 0 heterocycles. The van der Waals surface area contributed by atoms with Crippen LogP contribution in [0.3, 0.4) is 0 Å². The summed E-state index contributed by atoms with van der Waals surface area (Å²) in [4.78, 5) is 0. The number of aliphatic hydroxyl groups excluding tert-OH is 1. The summed E-state index contributed by atoms with van der Waals surface area (Å²) in [7, 11) is 0. The first-order chi connectivity index (χ1) is 7.64. The lowest BCUT2D eigenvalue weighted by Crippen LogP contribution is -2.37. The highest BCUT2D eigenvalue weighted by atomic mass is 16.3. The Morgan fingerprint density at radius 2 is 1.47 bits per heavy atom. The number of hydrogen-bond acceptors (Lipinski definition) is 2. The van der Waals surface area contributed by atoms with Crippen molar-refractivity contribution in [3.63, 3.8) is 0 Å². The number of rotatable bonds is 2. The summed E-state index contributed by atoms with van der Waals surface area (Å²) in [6.07, 6.45) is -0.539. The number of aliphatic hydroxyl groups is 1. The molecule has 2 nitrogen and oxygen atoms in total. The van der Waals surface area contributed by atoms with E-state index in [1.54, 1.807) is 0 Å². The van der Waals surface area contributed by atoms with E-state index in [9.17, 15) is 5.11 Å². The van der Waals surface area contributed by atoms with Gasteiger partial charge in [-0.25, -0.2) is 0 Å². The van der Waals surface area contributed by atoms with Crippen LogP contribution in [-0.2, 0) is 0 Å². The average Bonchev–Trinajstić information content (AvgIpc) is 2.13. The summed E-state index contributed by atoms with van der Waals surface area (Å²) in [5, 5.41) is 10.3. The third-order valence-electron chi connectivity index (χ3n) is 3.30. The molecule has 96 valence electrons. The van der Waals surface area contributed by atoms with Gasteiger partial charge in [-0.2, -0.15) is 0 Å². The van der Waals surface area contributed by atoms with Gasteiger partial charge in [0, 0.05) is 0 Å². The smallest absolute Gasteiger partial charge is 0.0781 e. The molecule has 0 unspecified atom stereocenters. The summed E-state index contributed by atoms with van der Waals surface area (Å²) in [5.41, 5.74) is 10.7. The van der Waals surface area contributed by atoms with Crippen molar-refractivity contribution in [3.05, 3.63) is 34.4 Å². The average molecular weight is 235 g/mol. The number of hydrogen-bond donors (Lipinski definition) is 2. The van der Waals surface area contributed by atoms with Crippen LogP contribution in [0.1, 0.15) is 49.1 Å². The van der Waals surface area contributed by atoms with Crippen LogP contribution in [0, 0.1) is 26.2 Å². The molecular formula is C15H25NO. The lowest BCUT2D eigenvalue weighted by molar-refractivity contribution is 0.0398. The molecule has 0 saturated carbocycles. The molecule has 1 aromatic carbocycles. The molecule has 0 aliphatic carbocycles. The zero-order valence-electron chi connectivity index (χ0n) is 11.8. The first-order valence-electron chi connectivity index (χ1n) is 6.16. The first-order valence-corrected chi connectivity index (χ1v) is 6.16. The Morgan fingerprint density at radius 1 is 1.06 bits per heavy atom. The van der Waals surface area contributed by atoms with Crippen molar-refractivity contribution < 1.29 is 5.11 Å². The van der Waals surface area contributed by atoms with Gasteiger partial charge in [-0.15, -0.1) is 0 Å². The number of benzene rings is 1. The van der Waals surface area contributed by atoms with Gasteiger partial charge in [-0.3, -0.25) is 0 Å². The SMILES string of the molecule is Cc1cc(C)c([C@H](N)[C@H](O)C(C)(C)C)c(C)c1. The molecule has 0 aliphatic rings. The van der Waals surface area contributed by atoms with Crippen LogP contribution in [-0.4, -0.2) is 11.2 Å². The minimum atomic E-state index is -0.539. The van der Waals surface area contributed by atoms with Crippen molar-refractivity contribution in [1.82, 2.24) is 0 Å². The topological polar surface area (TPSA) is 46.2 Å². The van der Waals surface area contributed by atoms with E-state index in [2.05, 4.69) is 32.9 Å². The fourth-order valence-electron chi connectivity index (χ4n) is 2.41. The maximum Gasteiger partial charge on any atom is 0.0781 e. The summed E-state index contributed by atoms with van der Waals surface area (Å²) in [6, 6.07) is 3.92. The van der Waals surface area contributed by atoms with Gasteiger partial charge in [0.2, 0.25) is 0 Å². The summed E-state index contributed by atoms with van der Waals surface area (Å²) < 4.78 is 0. The Kier molecular flexibility index (Phi) is 4.00. The fourth-order valence-corrected chi connectivity index (χ4v) is 2.41. The molecule has 1 rings (SSSR count). The maximum atomic E-state index is 10.3. The van der Waals surface area contributed by atoms with Crippen molar-refractivity contribution in [3.8, 4) is 0 Å². The molecule has 0 amide bonds. The highest BCUT2D eigenvalue weighted by molar-refractivity contribution is 5.40.